The number of ether oxygens (including phenoxy) is 1. The largest absolute Gasteiger partial charge is 0.460 e. The number of fused-ring (bicyclic) bond motifs is 1. The Morgan fingerprint density at radius 1 is 1.25 bits per heavy atom. The second-order valence-electron chi connectivity index (χ2n) is 5.84. The molecule has 20 heavy (non-hydrogen) atoms. The van der Waals surface area contributed by atoms with E-state index in [9.17, 15) is 4.79 Å². The third-order valence-electron chi connectivity index (χ3n) is 4.44. The lowest BCUT2D eigenvalue weighted by atomic mass is 9.85. The monoisotopic (exact) mass is 337 g/mol. The van der Waals surface area contributed by atoms with Crippen LogP contribution in [0, 0.1) is 5.92 Å². The Morgan fingerprint density at radius 3 is 2.75 bits per heavy atom. The van der Waals surface area contributed by atoms with Crippen LogP contribution in [0.15, 0.2) is 28.7 Å². The Labute approximate surface area is 128 Å². The molecule has 0 amide bonds. The van der Waals surface area contributed by atoms with Crippen molar-refractivity contribution in [1.29, 1.82) is 0 Å². The molecule has 0 aromatic heterocycles. The first-order chi connectivity index (χ1) is 9.72. The van der Waals surface area contributed by atoms with Gasteiger partial charge in [-0.05, 0) is 42.9 Å². The van der Waals surface area contributed by atoms with Crippen LogP contribution in [0.1, 0.15) is 37.7 Å². The predicted molar refractivity (Wildman–Crippen MR) is 81.2 cm³/mol. The van der Waals surface area contributed by atoms with E-state index in [1.165, 1.54) is 25.7 Å². The molecule has 1 aromatic carbocycles. The number of benzene rings is 1. The highest BCUT2D eigenvalue weighted by Gasteiger charge is 2.38. The van der Waals surface area contributed by atoms with E-state index in [1.807, 2.05) is 24.3 Å². The fourth-order valence-corrected chi connectivity index (χ4v) is 3.60. The van der Waals surface area contributed by atoms with Crippen LogP contribution in [0.2, 0.25) is 0 Å². The summed E-state index contributed by atoms with van der Waals surface area (Å²) in [5.41, 5.74) is 1.02. The van der Waals surface area contributed by atoms with Crippen LogP contribution in [0.4, 0.5) is 0 Å². The van der Waals surface area contributed by atoms with Gasteiger partial charge in [-0.25, -0.2) is 0 Å². The van der Waals surface area contributed by atoms with E-state index in [4.69, 9.17) is 4.74 Å². The van der Waals surface area contributed by atoms with Crippen molar-refractivity contribution in [1.82, 2.24) is 5.32 Å². The molecule has 0 radical (unpaired) electrons. The van der Waals surface area contributed by atoms with E-state index in [-0.39, 0.29) is 12.0 Å². The van der Waals surface area contributed by atoms with Crippen LogP contribution in [0.25, 0.3) is 0 Å². The summed E-state index contributed by atoms with van der Waals surface area (Å²) in [6.45, 7) is 0.361. The van der Waals surface area contributed by atoms with Crippen molar-refractivity contribution in [2.75, 3.05) is 0 Å². The van der Waals surface area contributed by atoms with Gasteiger partial charge in [0.15, 0.2) is 0 Å². The van der Waals surface area contributed by atoms with Gasteiger partial charge in [0.1, 0.15) is 12.6 Å². The van der Waals surface area contributed by atoms with Gasteiger partial charge in [0.2, 0.25) is 0 Å². The van der Waals surface area contributed by atoms with Crippen molar-refractivity contribution in [2.24, 2.45) is 5.92 Å². The molecule has 1 aliphatic heterocycles. The number of halogens is 1. The fourth-order valence-electron chi connectivity index (χ4n) is 3.34. The van der Waals surface area contributed by atoms with Crippen molar-refractivity contribution in [3.8, 4) is 0 Å². The highest BCUT2D eigenvalue weighted by atomic mass is 79.9. The predicted octanol–water partition coefficient (Wildman–Crippen LogP) is 3.41. The molecule has 3 unspecified atom stereocenters. The summed E-state index contributed by atoms with van der Waals surface area (Å²) in [5.74, 6) is 0.580. The maximum absolute atomic E-state index is 12.1. The first-order valence-corrected chi connectivity index (χ1v) is 8.19. The standard InChI is InChI=1S/C16H20BrNO2/c17-13-7-5-11(6-8-13)10-20-16(19)15-9-12-3-1-2-4-14(12)18-15/h5-8,12,14-15,18H,1-4,9-10H2. The normalized spacial score (nSPS) is 28.9. The van der Waals surface area contributed by atoms with Crippen LogP contribution < -0.4 is 5.32 Å². The first-order valence-electron chi connectivity index (χ1n) is 7.39. The molecule has 3 atom stereocenters. The molecular weight excluding hydrogens is 318 g/mol. The van der Waals surface area contributed by atoms with Gasteiger partial charge in [-0.2, -0.15) is 0 Å². The molecular formula is C16H20BrNO2. The van der Waals surface area contributed by atoms with E-state index < -0.39 is 0 Å². The summed E-state index contributed by atoms with van der Waals surface area (Å²) in [4.78, 5) is 12.1. The molecule has 3 nitrogen and oxygen atoms in total. The van der Waals surface area contributed by atoms with E-state index >= 15 is 0 Å². The van der Waals surface area contributed by atoms with Gasteiger partial charge in [0.05, 0.1) is 0 Å². The number of carbonyl (C=O) groups is 1. The topological polar surface area (TPSA) is 38.3 Å². The van der Waals surface area contributed by atoms with Crippen molar-refractivity contribution >= 4 is 21.9 Å². The third kappa shape index (κ3) is 3.23. The van der Waals surface area contributed by atoms with Crippen LogP contribution in [0.5, 0.6) is 0 Å². The second-order valence-corrected chi connectivity index (χ2v) is 6.76. The molecule has 1 saturated heterocycles. The SMILES string of the molecule is O=C(OCc1ccc(Br)cc1)C1CC2CCCCC2N1. The summed E-state index contributed by atoms with van der Waals surface area (Å²) in [7, 11) is 0. The maximum atomic E-state index is 12.1. The molecule has 0 bridgehead atoms. The Bertz CT molecular complexity index is 460. The number of esters is 1. The summed E-state index contributed by atoms with van der Waals surface area (Å²) in [6, 6.07) is 8.31. The van der Waals surface area contributed by atoms with Gasteiger partial charge < -0.3 is 10.1 Å². The molecule has 0 spiro atoms. The lowest BCUT2D eigenvalue weighted by Gasteiger charge is -2.24. The number of hydrogen-bond acceptors (Lipinski definition) is 3. The van der Waals surface area contributed by atoms with Gasteiger partial charge in [-0.15, -0.1) is 0 Å². The van der Waals surface area contributed by atoms with Crippen molar-refractivity contribution < 1.29 is 9.53 Å². The lowest BCUT2D eigenvalue weighted by Crippen LogP contribution is -2.37. The Hall–Kier alpha value is -0.870. The quantitative estimate of drug-likeness (QED) is 0.859. The second kappa shape index (κ2) is 6.27. The van der Waals surface area contributed by atoms with E-state index in [2.05, 4.69) is 21.2 Å². The van der Waals surface area contributed by atoms with Gasteiger partial charge in [-0.3, -0.25) is 4.79 Å². The van der Waals surface area contributed by atoms with E-state index in [1.54, 1.807) is 0 Å². The van der Waals surface area contributed by atoms with Crippen LogP contribution >= 0.6 is 15.9 Å². The Morgan fingerprint density at radius 2 is 2.00 bits per heavy atom. The minimum atomic E-state index is -0.0986. The van der Waals surface area contributed by atoms with Crippen molar-refractivity contribution in [3.63, 3.8) is 0 Å². The molecule has 1 N–H and O–H groups in total. The Balaban J connectivity index is 1.51. The first kappa shape index (κ1) is 14.1. The van der Waals surface area contributed by atoms with Gasteiger partial charge in [0.25, 0.3) is 0 Å². The number of rotatable bonds is 3. The van der Waals surface area contributed by atoms with Gasteiger partial charge in [-0.1, -0.05) is 40.9 Å². The minimum Gasteiger partial charge on any atom is -0.460 e. The van der Waals surface area contributed by atoms with Crippen molar-refractivity contribution in [3.05, 3.63) is 34.3 Å². The number of nitrogens with one attached hydrogen (secondary N) is 1. The zero-order valence-electron chi connectivity index (χ0n) is 11.5. The number of carbonyl (C=O) groups excluding carboxylic acids is 1. The van der Waals surface area contributed by atoms with E-state index in [0.717, 1.165) is 16.5 Å². The zero-order valence-corrected chi connectivity index (χ0v) is 13.1. The van der Waals surface area contributed by atoms with Gasteiger partial charge in [0, 0.05) is 10.5 Å². The van der Waals surface area contributed by atoms with E-state index in [0.29, 0.717) is 18.6 Å². The van der Waals surface area contributed by atoms with Crippen LogP contribution in [-0.4, -0.2) is 18.1 Å². The van der Waals surface area contributed by atoms with Crippen molar-refractivity contribution in [2.45, 2.75) is 50.8 Å². The maximum Gasteiger partial charge on any atom is 0.323 e. The average Bonchev–Trinajstić information content (AvgIpc) is 2.90. The summed E-state index contributed by atoms with van der Waals surface area (Å²) < 4.78 is 6.48. The molecule has 1 heterocycles. The summed E-state index contributed by atoms with van der Waals surface area (Å²) >= 11 is 3.40. The lowest BCUT2D eigenvalue weighted by molar-refractivity contribution is -0.147. The molecule has 2 aliphatic rings. The smallest absolute Gasteiger partial charge is 0.323 e. The molecule has 4 heteroatoms. The Kier molecular flexibility index (Phi) is 4.41. The fraction of sp³-hybridized carbons (Fsp3) is 0.562. The molecule has 1 aromatic rings. The minimum absolute atomic E-state index is 0.0951. The highest BCUT2D eigenvalue weighted by molar-refractivity contribution is 9.10. The molecule has 1 aliphatic carbocycles. The molecule has 3 rings (SSSR count). The summed E-state index contributed by atoms with van der Waals surface area (Å²) in [5, 5.41) is 3.46. The number of hydrogen-bond donors (Lipinski definition) is 1. The summed E-state index contributed by atoms with van der Waals surface area (Å²) in [6.07, 6.45) is 6.01. The molecule has 108 valence electrons. The van der Waals surface area contributed by atoms with Crippen LogP contribution in [-0.2, 0) is 16.1 Å². The average molecular weight is 338 g/mol. The highest BCUT2D eigenvalue weighted by Crippen LogP contribution is 2.33. The van der Waals surface area contributed by atoms with Gasteiger partial charge >= 0.3 is 5.97 Å². The third-order valence-corrected chi connectivity index (χ3v) is 4.97. The molecule has 1 saturated carbocycles. The zero-order chi connectivity index (χ0) is 13.9. The molecule has 2 fully saturated rings. The van der Waals surface area contributed by atoms with Crippen LogP contribution in [0.3, 0.4) is 0 Å².